The van der Waals surface area contributed by atoms with Crippen LogP contribution in [0.4, 0.5) is 10.2 Å². The van der Waals surface area contributed by atoms with Crippen molar-refractivity contribution in [1.82, 2.24) is 4.98 Å². The van der Waals surface area contributed by atoms with Crippen molar-refractivity contribution in [3.63, 3.8) is 0 Å². The number of hydrogen-bond acceptors (Lipinski definition) is 3. The van der Waals surface area contributed by atoms with Gasteiger partial charge < -0.3 is 10.4 Å². The summed E-state index contributed by atoms with van der Waals surface area (Å²) in [6.07, 6.45) is 5.41. The first-order valence-electron chi connectivity index (χ1n) is 5.68. The summed E-state index contributed by atoms with van der Waals surface area (Å²) in [6, 6.07) is 1.17. The molecule has 0 amide bonds. The van der Waals surface area contributed by atoms with E-state index in [-0.39, 0.29) is 16.9 Å². The van der Waals surface area contributed by atoms with Crippen LogP contribution in [0.3, 0.4) is 0 Å². The molecule has 2 rings (SSSR count). The SMILES string of the molecule is CC1(Nc2nccc(C(=O)O)c2F)CCCC1. The zero-order valence-electron chi connectivity index (χ0n) is 9.66. The smallest absolute Gasteiger partial charge is 0.338 e. The standard InChI is InChI=1S/C12H15FN2O2/c1-12(5-2-3-6-12)15-10-9(13)8(11(16)17)4-7-14-10/h4,7H,2-3,5-6H2,1H3,(H,14,15)(H,16,17). The Bertz CT molecular complexity index is 442. The number of nitrogens with zero attached hydrogens (tertiary/aromatic N) is 1. The number of carboxylic acids is 1. The van der Waals surface area contributed by atoms with Crippen molar-refractivity contribution in [2.24, 2.45) is 0 Å². The molecule has 1 heterocycles. The Morgan fingerprint density at radius 1 is 1.53 bits per heavy atom. The number of anilines is 1. The van der Waals surface area contributed by atoms with Crippen molar-refractivity contribution >= 4 is 11.8 Å². The van der Waals surface area contributed by atoms with Crippen LogP contribution in [0.5, 0.6) is 0 Å². The van der Waals surface area contributed by atoms with E-state index < -0.39 is 11.8 Å². The fourth-order valence-electron chi connectivity index (χ4n) is 2.26. The largest absolute Gasteiger partial charge is 0.478 e. The van der Waals surface area contributed by atoms with Crippen LogP contribution in [0.15, 0.2) is 12.3 Å². The monoisotopic (exact) mass is 238 g/mol. The lowest BCUT2D eigenvalue weighted by Gasteiger charge is -2.26. The summed E-state index contributed by atoms with van der Waals surface area (Å²) in [4.78, 5) is 14.7. The molecular formula is C12H15FN2O2. The van der Waals surface area contributed by atoms with Gasteiger partial charge in [-0.15, -0.1) is 0 Å². The minimum absolute atomic E-state index is 0.0364. The first kappa shape index (κ1) is 11.8. The molecule has 0 aliphatic heterocycles. The van der Waals surface area contributed by atoms with Crippen molar-refractivity contribution in [3.05, 3.63) is 23.6 Å². The van der Waals surface area contributed by atoms with Gasteiger partial charge in [-0.2, -0.15) is 0 Å². The van der Waals surface area contributed by atoms with Crippen molar-refractivity contribution in [3.8, 4) is 0 Å². The highest BCUT2D eigenvalue weighted by Gasteiger charge is 2.30. The highest BCUT2D eigenvalue weighted by molar-refractivity contribution is 5.88. The molecule has 1 aromatic rings. The number of carboxylic acid groups (broad SMARTS) is 1. The average molecular weight is 238 g/mol. The molecule has 1 fully saturated rings. The number of pyridine rings is 1. The van der Waals surface area contributed by atoms with Crippen LogP contribution in [-0.2, 0) is 0 Å². The van der Waals surface area contributed by atoms with E-state index in [0.717, 1.165) is 25.7 Å². The Kier molecular flexibility index (Phi) is 3.00. The summed E-state index contributed by atoms with van der Waals surface area (Å²) in [5.74, 6) is -2.02. The maximum Gasteiger partial charge on any atom is 0.338 e. The molecule has 1 aromatic heterocycles. The molecule has 0 bridgehead atoms. The predicted molar refractivity (Wildman–Crippen MR) is 61.7 cm³/mol. The first-order valence-corrected chi connectivity index (χ1v) is 5.68. The second-order valence-electron chi connectivity index (χ2n) is 4.72. The van der Waals surface area contributed by atoms with Crippen molar-refractivity contribution in [2.45, 2.75) is 38.1 Å². The number of rotatable bonds is 3. The predicted octanol–water partition coefficient (Wildman–Crippen LogP) is 2.66. The van der Waals surface area contributed by atoms with E-state index in [0.29, 0.717) is 0 Å². The molecule has 0 spiro atoms. The summed E-state index contributed by atoms with van der Waals surface area (Å²) in [6.45, 7) is 2.01. The third-order valence-electron chi connectivity index (χ3n) is 3.25. The molecular weight excluding hydrogens is 223 g/mol. The highest BCUT2D eigenvalue weighted by atomic mass is 19.1. The van der Waals surface area contributed by atoms with E-state index in [1.165, 1.54) is 12.3 Å². The van der Waals surface area contributed by atoms with Gasteiger partial charge in [-0.3, -0.25) is 0 Å². The quantitative estimate of drug-likeness (QED) is 0.849. The van der Waals surface area contributed by atoms with E-state index in [9.17, 15) is 9.18 Å². The number of aromatic carboxylic acids is 1. The second-order valence-corrected chi connectivity index (χ2v) is 4.72. The van der Waals surface area contributed by atoms with Crippen LogP contribution in [0.25, 0.3) is 0 Å². The van der Waals surface area contributed by atoms with Gasteiger partial charge >= 0.3 is 5.97 Å². The fraction of sp³-hybridized carbons (Fsp3) is 0.500. The Labute approximate surface area is 98.9 Å². The Hall–Kier alpha value is -1.65. The summed E-state index contributed by atoms with van der Waals surface area (Å²) in [7, 11) is 0. The minimum Gasteiger partial charge on any atom is -0.478 e. The molecule has 0 atom stereocenters. The van der Waals surface area contributed by atoms with Crippen LogP contribution < -0.4 is 5.32 Å². The lowest BCUT2D eigenvalue weighted by molar-refractivity contribution is 0.0691. The van der Waals surface area contributed by atoms with Gasteiger partial charge in [0.05, 0.1) is 0 Å². The summed E-state index contributed by atoms with van der Waals surface area (Å²) in [5.41, 5.74) is -0.519. The molecule has 0 radical (unpaired) electrons. The summed E-state index contributed by atoms with van der Waals surface area (Å²) >= 11 is 0. The molecule has 17 heavy (non-hydrogen) atoms. The molecule has 1 aliphatic rings. The summed E-state index contributed by atoms with van der Waals surface area (Å²) in [5, 5.41) is 11.9. The molecule has 92 valence electrons. The van der Waals surface area contributed by atoms with E-state index in [4.69, 9.17) is 5.11 Å². The van der Waals surface area contributed by atoms with Crippen LogP contribution in [0.1, 0.15) is 43.0 Å². The second kappa shape index (κ2) is 4.31. The summed E-state index contributed by atoms with van der Waals surface area (Å²) < 4.78 is 13.8. The Balaban J connectivity index is 2.27. The third-order valence-corrected chi connectivity index (χ3v) is 3.25. The lowest BCUT2D eigenvalue weighted by Crippen LogP contribution is -2.32. The number of nitrogens with one attached hydrogen (secondary N) is 1. The van der Waals surface area contributed by atoms with E-state index in [2.05, 4.69) is 10.3 Å². The highest BCUT2D eigenvalue weighted by Crippen LogP contribution is 2.32. The minimum atomic E-state index is -1.27. The zero-order valence-corrected chi connectivity index (χ0v) is 9.66. The maximum absolute atomic E-state index is 13.8. The van der Waals surface area contributed by atoms with Crippen molar-refractivity contribution < 1.29 is 14.3 Å². The van der Waals surface area contributed by atoms with Crippen molar-refractivity contribution in [2.75, 3.05) is 5.32 Å². The van der Waals surface area contributed by atoms with Gasteiger partial charge in [-0.1, -0.05) is 12.8 Å². The Morgan fingerprint density at radius 3 is 2.76 bits per heavy atom. The number of aromatic nitrogens is 1. The van der Waals surface area contributed by atoms with Gasteiger partial charge in [0.2, 0.25) is 0 Å². The third kappa shape index (κ3) is 2.38. The number of carbonyl (C=O) groups is 1. The van der Waals surface area contributed by atoms with Gasteiger partial charge in [0, 0.05) is 11.7 Å². The Morgan fingerprint density at radius 2 is 2.18 bits per heavy atom. The molecule has 0 unspecified atom stereocenters. The lowest BCUT2D eigenvalue weighted by atomic mass is 10.0. The molecule has 1 aliphatic carbocycles. The van der Waals surface area contributed by atoms with Crippen LogP contribution >= 0.6 is 0 Å². The number of halogens is 1. The van der Waals surface area contributed by atoms with Crippen LogP contribution in [-0.4, -0.2) is 21.6 Å². The molecule has 1 saturated carbocycles. The van der Waals surface area contributed by atoms with Gasteiger partial charge in [0.15, 0.2) is 11.6 Å². The molecule has 0 saturated heterocycles. The van der Waals surface area contributed by atoms with Crippen molar-refractivity contribution in [1.29, 1.82) is 0 Å². The van der Waals surface area contributed by atoms with Crippen LogP contribution in [0, 0.1) is 5.82 Å². The zero-order chi connectivity index (χ0) is 12.5. The van der Waals surface area contributed by atoms with E-state index >= 15 is 0 Å². The first-order chi connectivity index (χ1) is 8.02. The van der Waals surface area contributed by atoms with Gasteiger partial charge in [-0.05, 0) is 25.8 Å². The fourth-order valence-corrected chi connectivity index (χ4v) is 2.26. The van der Waals surface area contributed by atoms with Crippen LogP contribution in [0.2, 0.25) is 0 Å². The molecule has 4 nitrogen and oxygen atoms in total. The molecule has 2 N–H and O–H groups in total. The molecule has 5 heteroatoms. The van der Waals surface area contributed by atoms with Gasteiger partial charge in [0.1, 0.15) is 5.56 Å². The van der Waals surface area contributed by atoms with E-state index in [1.54, 1.807) is 0 Å². The van der Waals surface area contributed by atoms with E-state index in [1.807, 2.05) is 6.92 Å². The molecule has 0 aromatic carbocycles. The normalized spacial score (nSPS) is 18.0. The van der Waals surface area contributed by atoms with Gasteiger partial charge in [-0.25, -0.2) is 14.2 Å². The number of hydrogen-bond donors (Lipinski definition) is 2. The average Bonchev–Trinajstić information content (AvgIpc) is 2.68. The maximum atomic E-state index is 13.8. The topological polar surface area (TPSA) is 62.2 Å². The van der Waals surface area contributed by atoms with Gasteiger partial charge in [0.25, 0.3) is 0 Å².